The molecule has 29 heavy (non-hydrogen) atoms. The van der Waals surface area contributed by atoms with Crippen molar-refractivity contribution in [3.63, 3.8) is 0 Å². The van der Waals surface area contributed by atoms with Crippen molar-refractivity contribution in [1.29, 1.82) is 0 Å². The van der Waals surface area contributed by atoms with Gasteiger partial charge >= 0.3 is 0 Å². The Morgan fingerprint density at radius 1 is 1.00 bits per heavy atom. The van der Waals surface area contributed by atoms with E-state index in [1.165, 1.54) is 0 Å². The fourth-order valence-electron chi connectivity index (χ4n) is 2.66. The van der Waals surface area contributed by atoms with Crippen LogP contribution in [0.25, 0.3) is 0 Å². The Balaban J connectivity index is 1.61. The largest absolute Gasteiger partial charge is 0.491 e. The van der Waals surface area contributed by atoms with Crippen LogP contribution in [0.3, 0.4) is 0 Å². The molecule has 0 aromatic heterocycles. The Morgan fingerprint density at radius 3 is 2.38 bits per heavy atom. The topological polar surface area (TPSA) is 67.4 Å². The van der Waals surface area contributed by atoms with E-state index in [0.717, 1.165) is 23.4 Å². The first-order valence-electron chi connectivity index (χ1n) is 9.60. The van der Waals surface area contributed by atoms with E-state index < -0.39 is 17.5 Å². The van der Waals surface area contributed by atoms with Crippen LogP contribution in [0, 0.1) is 11.6 Å². The van der Waals surface area contributed by atoms with Crippen molar-refractivity contribution in [3.8, 4) is 5.75 Å². The van der Waals surface area contributed by atoms with E-state index in [0.29, 0.717) is 25.5 Å². The molecule has 0 aliphatic heterocycles. The summed E-state index contributed by atoms with van der Waals surface area (Å²) in [4.78, 5) is 23.7. The number of rotatable bonds is 10. The van der Waals surface area contributed by atoms with Crippen LogP contribution in [0.15, 0.2) is 42.5 Å². The van der Waals surface area contributed by atoms with Crippen LogP contribution in [-0.2, 0) is 11.2 Å². The number of hydrogen-bond acceptors (Lipinski definition) is 3. The van der Waals surface area contributed by atoms with Crippen molar-refractivity contribution in [2.75, 3.05) is 13.1 Å². The predicted molar refractivity (Wildman–Crippen MR) is 107 cm³/mol. The fraction of sp³-hybridized carbons (Fsp3) is 0.364. The third kappa shape index (κ3) is 7.89. The van der Waals surface area contributed by atoms with Gasteiger partial charge in [0.1, 0.15) is 17.4 Å². The lowest BCUT2D eigenvalue weighted by Crippen LogP contribution is -2.29. The second-order valence-electron chi connectivity index (χ2n) is 6.89. The van der Waals surface area contributed by atoms with Crippen LogP contribution in [0.2, 0.25) is 0 Å². The summed E-state index contributed by atoms with van der Waals surface area (Å²) in [6, 6.07) is 10.5. The van der Waals surface area contributed by atoms with Gasteiger partial charge in [0.25, 0.3) is 5.91 Å². The molecule has 0 atom stereocenters. The molecule has 2 aromatic rings. The zero-order valence-corrected chi connectivity index (χ0v) is 16.6. The van der Waals surface area contributed by atoms with Gasteiger partial charge in [-0.15, -0.1) is 0 Å². The predicted octanol–water partition coefficient (Wildman–Crippen LogP) is 3.62. The van der Waals surface area contributed by atoms with Crippen molar-refractivity contribution < 1.29 is 23.1 Å². The summed E-state index contributed by atoms with van der Waals surface area (Å²) in [6.07, 6.45) is 1.49. The second-order valence-corrected chi connectivity index (χ2v) is 6.89. The summed E-state index contributed by atoms with van der Waals surface area (Å²) in [5, 5.41) is 5.35. The molecule has 7 heteroatoms. The molecular weight excluding hydrogens is 378 g/mol. The van der Waals surface area contributed by atoms with Crippen molar-refractivity contribution in [2.45, 2.75) is 39.2 Å². The molecule has 2 amide bonds. The number of benzene rings is 2. The van der Waals surface area contributed by atoms with Gasteiger partial charge in [0, 0.05) is 25.6 Å². The van der Waals surface area contributed by atoms with Gasteiger partial charge in [0.15, 0.2) is 0 Å². The van der Waals surface area contributed by atoms with Crippen molar-refractivity contribution in [1.82, 2.24) is 10.6 Å². The Morgan fingerprint density at radius 2 is 1.72 bits per heavy atom. The first-order valence-corrected chi connectivity index (χ1v) is 9.60. The van der Waals surface area contributed by atoms with Gasteiger partial charge < -0.3 is 15.4 Å². The fourth-order valence-corrected chi connectivity index (χ4v) is 2.66. The molecule has 156 valence electrons. The Bertz CT molecular complexity index is 823. The molecule has 0 aliphatic rings. The van der Waals surface area contributed by atoms with Gasteiger partial charge in [0.05, 0.1) is 11.7 Å². The molecule has 0 saturated carbocycles. The molecule has 0 fully saturated rings. The van der Waals surface area contributed by atoms with Crippen LogP contribution < -0.4 is 15.4 Å². The van der Waals surface area contributed by atoms with E-state index in [1.54, 1.807) is 0 Å². The maximum atomic E-state index is 13.5. The molecule has 0 unspecified atom stereocenters. The first-order chi connectivity index (χ1) is 13.8. The molecule has 0 saturated heterocycles. The quantitative estimate of drug-likeness (QED) is 0.595. The van der Waals surface area contributed by atoms with Gasteiger partial charge in [-0.25, -0.2) is 8.78 Å². The first kappa shape index (κ1) is 22.3. The van der Waals surface area contributed by atoms with E-state index in [9.17, 15) is 18.4 Å². The standard InChI is InChI=1S/C22H26F2N2O3/c1-15(2)29-18-8-5-16(6-9-18)11-13-25-21(27)4-3-12-26-22(28)19-10-7-17(23)14-20(19)24/h5-10,14-15H,3-4,11-13H2,1-2H3,(H,25,27)(H,26,28). The SMILES string of the molecule is CC(C)Oc1ccc(CCNC(=O)CCCNC(=O)c2ccc(F)cc2F)cc1. The van der Waals surface area contributed by atoms with Gasteiger partial charge in [-0.3, -0.25) is 9.59 Å². The lowest BCUT2D eigenvalue weighted by molar-refractivity contribution is -0.121. The van der Waals surface area contributed by atoms with Crippen molar-refractivity contribution in [2.24, 2.45) is 0 Å². The second kappa shape index (κ2) is 11.1. The molecule has 0 aliphatic carbocycles. The third-order valence-electron chi connectivity index (χ3n) is 4.07. The van der Waals surface area contributed by atoms with Crippen LogP contribution in [0.1, 0.15) is 42.6 Å². The molecule has 5 nitrogen and oxygen atoms in total. The smallest absolute Gasteiger partial charge is 0.254 e. The number of carbonyl (C=O) groups excluding carboxylic acids is 2. The highest BCUT2D eigenvalue weighted by atomic mass is 19.1. The molecule has 0 radical (unpaired) electrons. The molecule has 0 bridgehead atoms. The molecule has 2 rings (SSSR count). The number of hydrogen-bond donors (Lipinski definition) is 2. The van der Waals surface area contributed by atoms with E-state index in [1.807, 2.05) is 38.1 Å². The normalized spacial score (nSPS) is 10.7. The van der Waals surface area contributed by atoms with Crippen molar-refractivity contribution >= 4 is 11.8 Å². The molecule has 0 heterocycles. The van der Waals surface area contributed by atoms with E-state index in [4.69, 9.17) is 4.74 Å². The van der Waals surface area contributed by atoms with E-state index >= 15 is 0 Å². The van der Waals surface area contributed by atoms with E-state index in [2.05, 4.69) is 10.6 Å². The highest BCUT2D eigenvalue weighted by Gasteiger charge is 2.12. The minimum atomic E-state index is -0.913. The lowest BCUT2D eigenvalue weighted by atomic mass is 10.1. The Kier molecular flexibility index (Phi) is 8.58. The van der Waals surface area contributed by atoms with Crippen LogP contribution in [0.5, 0.6) is 5.75 Å². The third-order valence-corrected chi connectivity index (χ3v) is 4.07. The monoisotopic (exact) mass is 404 g/mol. The summed E-state index contributed by atoms with van der Waals surface area (Å²) in [5.41, 5.74) is 0.871. The van der Waals surface area contributed by atoms with Crippen LogP contribution >= 0.6 is 0 Å². The number of ether oxygens (including phenoxy) is 1. The number of nitrogens with one attached hydrogen (secondary N) is 2. The highest BCUT2D eigenvalue weighted by molar-refractivity contribution is 5.94. The zero-order chi connectivity index (χ0) is 21.2. The van der Waals surface area contributed by atoms with Crippen LogP contribution in [0.4, 0.5) is 8.78 Å². The average Bonchev–Trinajstić information content (AvgIpc) is 2.66. The zero-order valence-electron chi connectivity index (χ0n) is 16.6. The molecule has 0 spiro atoms. The van der Waals surface area contributed by atoms with Gasteiger partial charge in [-0.05, 0) is 56.5 Å². The van der Waals surface area contributed by atoms with Crippen LogP contribution in [-0.4, -0.2) is 31.0 Å². The summed E-state index contributed by atoms with van der Waals surface area (Å²) >= 11 is 0. The Labute approximate surface area is 169 Å². The lowest BCUT2D eigenvalue weighted by Gasteiger charge is -2.10. The summed E-state index contributed by atoms with van der Waals surface area (Å²) in [6.45, 7) is 4.67. The maximum absolute atomic E-state index is 13.5. The number of amides is 2. The van der Waals surface area contributed by atoms with Gasteiger partial charge in [-0.1, -0.05) is 12.1 Å². The van der Waals surface area contributed by atoms with Gasteiger partial charge in [-0.2, -0.15) is 0 Å². The summed E-state index contributed by atoms with van der Waals surface area (Å²) in [5.74, 6) is -1.59. The minimum Gasteiger partial charge on any atom is -0.491 e. The van der Waals surface area contributed by atoms with E-state index in [-0.39, 0.29) is 30.5 Å². The van der Waals surface area contributed by atoms with Gasteiger partial charge in [0.2, 0.25) is 5.91 Å². The van der Waals surface area contributed by atoms with Crippen molar-refractivity contribution in [3.05, 3.63) is 65.2 Å². The molecule has 2 N–H and O–H groups in total. The number of halogens is 2. The molecular formula is C22H26F2N2O3. The Hall–Kier alpha value is -2.96. The minimum absolute atomic E-state index is 0.119. The highest BCUT2D eigenvalue weighted by Crippen LogP contribution is 2.14. The number of carbonyl (C=O) groups is 2. The summed E-state index contributed by atoms with van der Waals surface area (Å²) < 4.78 is 32.0. The summed E-state index contributed by atoms with van der Waals surface area (Å²) in [7, 11) is 0. The molecule has 2 aromatic carbocycles. The maximum Gasteiger partial charge on any atom is 0.254 e. The average molecular weight is 404 g/mol.